The normalized spacial score (nSPS) is 14.9. The van der Waals surface area contributed by atoms with Crippen LogP contribution in [-0.4, -0.2) is 26.6 Å². The number of halogens is 5. The first-order valence-electron chi connectivity index (χ1n) is 8.16. The van der Waals surface area contributed by atoms with Gasteiger partial charge in [0.1, 0.15) is 0 Å². The summed E-state index contributed by atoms with van der Waals surface area (Å²) in [4.78, 5) is 13.4. The van der Waals surface area contributed by atoms with E-state index in [1.54, 1.807) is 0 Å². The topological polar surface area (TPSA) is 54.5 Å². The molecule has 0 N–H and O–H groups in total. The van der Waals surface area contributed by atoms with Crippen LogP contribution in [0.4, 0.5) is 27.6 Å². The van der Waals surface area contributed by atoms with Gasteiger partial charge in [0.2, 0.25) is 9.84 Å². The number of alkyl halides is 5. The zero-order valence-corrected chi connectivity index (χ0v) is 15.0. The molecule has 0 radical (unpaired) electrons. The van der Waals surface area contributed by atoms with Gasteiger partial charge in [-0.05, 0) is 60.9 Å². The second-order valence-corrected chi connectivity index (χ2v) is 8.15. The maximum absolute atomic E-state index is 12.9. The molecule has 1 aliphatic heterocycles. The number of carbonyl (C=O) groups is 1. The molecule has 0 bridgehead atoms. The largest absolute Gasteiger partial charge is 0.416 e. The Labute approximate surface area is 157 Å². The molecule has 0 aromatic heterocycles. The molecular formula is C18H14F5NO3S. The third-order valence-electron chi connectivity index (χ3n) is 4.43. The zero-order valence-electron chi connectivity index (χ0n) is 14.2. The maximum Gasteiger partial charge on any atom is 0.416 e. The summed E-state index contributed by atoms with van der Waals surface area (Å²) in [6, 6.07) is 7.16. The number of fused-ring (bicyclic) bond motifs is 1. The van der Waals surface area contributed by atoms with Gasteiger partial charge in [-0.15, -0.1) is 0 Å². The van der Waals surface area contributed by atoms with E-state index in [2.05, 4.69) is 0 Å². The number of amides is 1. The lowest BCUT2D eigenvalue weighted by molar-refractivity contribution is -0.137. The van der Waals surface area contributed by atoms with Gasteiger partial charge in [-0.25, -0.2) is 8.42 Å². The van der Waals surface area contributed by atoms with Gasteiger partial charge >= 0.3 is 11.9 Å². The van der Waals surface area contributed by atoms with Crippen molar-refractivity contribution in [1.82, 2.24) is 0 Å². The Balaban J connectivity index is 1.91. The van der Waals surface area contributed by atoms with E-state index in [1.807, 2.05) is 0 Å². The van der Waals surface area contributed by atoms with Crippen molar-refractivity contribution >= 4 is 21.4 Å². The van der Waals surface area contributed by atoms with Crippen molar-refractivity contribution < 1.29 is 35.2 Å². The molecular weight excluding hydrogens is 405 g/mol. The van der Waals surface area contributed by atoms with Crippen LogP contribution in [0.25, 0.3) is 0 Å². The van der Waals surface area contributed by atoms with Gasteiger partial charge < -0.3 is 4.90 Å². The van der Waals surface area contributed by atoms with Crippen molar-refractivity contribution in [2.24, 2.45) is 0 Å². The minimum absolute atomic E-state index is 0.0426. The zero-order chi connectivity index (χ0) is 20.7. The van der Waals surface area contributed by atoms with Crippen LogP contribution in [0.3, 0.4) is 0 Å². The molecule has 0 unspecified atom stereocenters. The van der Waals surface area contributed by atoms with Gasteiger partial charge in [-0.1, -0.05) is 0 Å². The quantitative estimate of drug-likeness (QED) is 0.698. The van der Waals surface area contributed by atoms with Crippen LogP contribution in [-0.2, 0) is 22.4 Å². The van der Waals surface area contributed by atoms with Gasteiger partial charge in [0.25, 0.3) is 5.91 Å². The maximum atomic E-state index is 12.9. The van der Waals surface area contributed by atoms with E-state index in [4.69, 9.17) is 0 Å². The highest BCUT2D eigenvalue weighted by atomic mass is 32.2. The van der Waals surface area contributed by atoms with E-state index in [1.165, 1.54) is 11.0 Å². The van der Waals surface area contributed by atoms with Gasteiger partial charge in [0.05, 0.1) is 10.5 Å². The van der Waals surface area contributed by atoms with Gasteiger partial charge in [-0.2, -0.15) is 22.0 Å². The van der Waals surface area contributed by atoms with E-state index >= 15 is 0 Å². The van der Waals surface area contributed by atoms with E-state index in [9.17, 15) is 35.2 Å². The highest BCUT2D eigenvalue weighted by Crippen LogP contribution is 2.35. The molecule has 0 aliphatic carbocycles. The van der Waals surface area contributed by atoms with Gasteiger partial charge in [0.15, 0.2) is 0 Å². The Morgan fingerprint density at radius 2 is 1.68 bits per heavy atom. The molecule has 1 heterocycles. The molecule has 2 aromatic rings. The van der Waals surface area contributed by atoms with E-state index in [0.29, 0.717) is 24.1 Å². The van der Waals surface area contributed by atoms with E-state index in [0.717, 1.165) is 36.4 Å². The van der Waals surface area contributed by atoms with Crippen molar-refractivity contribution in [3.63, 3.8) is 0 Å². The third kappa shape index (κ3) is 3.73. The third-order valence-corrected chi connectivity index (χ3v) is 5.83. The molecule has 1 amide bonds. The Morgan fingerprint density at radius 3 is 2.25 bits per heavy atom. The second kappa shape index (κ2) is 7.16. The predicted molar refractivity (Wildman–Crippen MR) is 91.1 cm³/mol. The molecule has 4 nitrogen and oxygen atoms in total. The number of carbonyl (C=O) groups excluding carboxylic acids is 1. The van der Waals surface area contributed by atoms with Crippen molar-refractivity contribution in [3.05, 3.63) is 59.2 Å². The molecule has 0 spiro atoms. The average molecular weight is 419 g/mol. The lowest BCUT2D eigenvalue weighted by Gasteiger charge is -2.30. The summed E-state index contributed by atoms with van der Waals surface area (Å²) >= 11 is 0. The second-order valence-electron chi connectivity index (χ2n) is 6.23. The standard InChI is InChI=1S/C18H14F5NO3S/c19-17(20)28(26,27)14-6-3-11(4-7-14)16(25)24-9-1-2-12-10-13(18(21,22)23)5-8-15(12)24/h3-8,10,17H,1-2,9H2. The van der Waals surface area contributed by atoms with Gasteiger partial charge in [-0.3, -0.25) is 4.79 Å². The number of benzene rings is 2. The lowest BCUT2D eigenvalue weighted by atomic mass is 9.98. The van der Waals surface area contributed by atoms with Crippen molar-refractivity contribution in [3.8, 4) is 0 Å². The molecule has 150 valence electrons. The number of sulfone groups is 1. The molecule has 2 aromatic carbocycles. The molecule has 3 rings (SSSR count). The highest BCUT2D eigenvalue weighted by molar-refractivity contribution is 7.91. The first-order valence-corrected chi connectivity index (χ1v) is 9.70. The first-order chi connectivity index (χ1) is 13.0. The monoisotopic (exact) mass is 419 g/mol. The summed E-state index contributed by atoms with van der Waals surface area (Å²) in [5, 5.41) is 0. The number of rotatable bonds is 3. The fraction of sp³-hybridized carbons (Fsp3) is 0.278. The van der Waals surface area contributed by atoms with Crippen molar-refractivity contribution in [2.45, 2.75) is 29.7 Å². The first kappa shape index (κ1) is 20.2. The molecule has 10 heteroatoms. The summed E-state index contributed by atoms with van der Waals surface area (Å²) < 4.78 is 86.7. The molecule has 0 saturated carbocycles. The Bertz CT molecular complexity index is 1000. The van der Waals surface area contributed by atoms with Crippen molar-refractivity contribution in [1.29, 1.82) is 0 Å². The van der Waals surface area contributed by atoms with Crippen LogP contribution in [0.5, 0.6) is 0 Å². The Hall–Kier alpha value is -2.49. The van der Waals surface area contributed by atoms with E-state index in [-0.39, 0.29) is 12.1 Å². The van der Waals surface area contributed by atoms with Crippen LogP contribution in [0.1, 0.15) is 27.9 Å². The van der Waals surface area contributed by atoms with Crippen molar-refractivity contribution in [2.75, 3.05) is 11.4 Å². The van der Waals surface area contributed by atoms with E-state index < -0.39 is 38.1 Å². The molecule has 0 atom stereocenters. The Kier molecular flexibility index (Phi) is 5.18. The molecule has 28 heavy (non-hydrogen) atoms. The summed E-state index contributed by atoms with van der Waals surface area (Å²) in [5.41, 5.74) is -0.0390. The van der Waals surface area contributed by atoms with Crippen LogP contribution in [0, 0.1) is 0 Å². The van der Waals surface area contributed by atoms with Gasteiger partial charge in [0, 0.05) is 17.8 Å². The van der Waals surface area contributed by atoms with Crippen LogP contribution in [0.2, 0.25) is 0 Å². The molecule has 1 aliphatic rings. The summed E-state index contributed by atoms with van der Waals surface area (Å²) in [6.45, 7) is 0.272. The summed E-state index contributed by atoms with van der Waals surface area (Å²) in [6.07, 6.45) is -3.65. The number of aryl methyl sites for hydroxylation is 1. The lowest BCUT2D eigenvalue weighted by Crippen LogP contribution is -2.35. The number of anilines is 1. The van der Waals surface area contributed by atoms with Crippen LogP contribution < -0.4 is 4.90 Å². The molecule has 0 fully saturated rings. The minimum atomic E-state index is -4.78. The number of hydrogen-bond acceptors (Lipinski definition) is 3. The fourth-order valence-electron chi connectivity index (χ4n) is 3.03. The Morgan fingerprint density at radius 1 is 1.04 bits per heavy atom. The molecule has 0 saturated heterocycles. The minimum Gasteiger partial charge on any atom is -0.308 e. The van der Waals surface area contributed by atoms with Crippen LogP contribution >= 0.6 is 0 Å². The highest BCUT2D eigenvalue weighted by Gasteiger charge is 2.33. The predicted octanol–water partition coefficient (Wildman–Crippen LogP) is 4.29. The summed E-state index contributed by atoms with van der Waals surface area (Å²) in [7, 11) is -4.78. The SMILES string of the molecule is O=C(c1ccc(S(=O)(=O)C(F)F)cc1)N1CCCc2cc(C(F)(F)F)ccc21. The summed E-state index contributed by atoms with van der Waals surface area (Å²) in [5.74, 6) is -4.13. The average Bonchev–Trinajstić information content (AvgIpc) is 2.65. The van der Waals surface area contributed by atoms with Crippen LogP contribution in [0.15, 0.2) is 47.4 Å². The smallest absolute Gasteiger partial charge is 0.308 e. The fourth-order valence-corrected chi connectivity index (χ4v) is 3.75. The number of nitrogens with zero attached hydrogens (tertiary/aromatic N) is 1. The number of hydrogen-bond donors (Lipinski definition) is 0.